The second kappa shape index (κ2) is 12.0. The Balaban J connectivity index is 2.23. The molecule has 8 heteroatoms. The predicted molar refractivity (Wildman–Crippen MR) is 130 cm³/mol. The van der Waals surface area contributed by atoms with Crippen molar-refractivity contribution in [3.05, 3.63) is 21.7 Å². The third-order valence-electron chi connectivity index (χ3n) is 6.46. The minimum absolute atomic E-state index is 0.285. The molecule has 184 valence electrons. The lowest BCUT2D eigenvalue weighted by molar-refractivity contribution is -0.153. The van der Waals surface area contributed by atoms with Crippen LogP contribution in [0.25, 0.3) is 6.08 Å². The van der Waals surface area contributed by atoms with Gasteiger partial charge in [-0.3, -0.25) is 14.4 Å². The van der Waals surface area contributed by atoms with Crippen molar-refractivity contribution in [1.82, 2.24) is 10.3 Å². The molecular formula is C25H38N2O5S. The summed E-state index contributed by atoms with van der Waals surface area (Å²) in [6.07, 6.45) is 3.39. The van der Waals surface area contributed by atoms with Crippen molar-refractivity contribution >= 4 is 34.9 Å². The number of thiazole rings is 1. The molecule has 2 heterocycles. The minimum Gasteiger partial charge on any atom is -0.458 e. The third-order valence-corrected chi connectivity index (χ3v) is 7.25. The smallest absolute Gasteiger partial charge is 0.313 e. The number of esters is 1. The van der Waals surface area contributed by atoms with Crippen LogP contribution in [0.4, 0.5) is 0 Å². The van der Waals surface area contributed by atoms with Crippen LogP contribution < -0.4 is 5.32 Å². The Hall–Kier alpha value is -1.90. The number of hydrogen-bond donors (Lipinski definition) is 2. The molecule has 7 nitrogen and oxygen atoms in total. The summed E-state index contributed by atoms with van der Waals surface area (Å²) in [4.78, 5) is 43.1. The van der Waals surface area contributed by atoms with E-state index in [-0.39, 0.29) is 11.8 Å². The van der Waals surface area contributed by atoms with Crippen LogP contribution in [-0.2, 0) is 19.1 Å². The summed E-state index contributed by atoms with van der Waals surface area (Å²) < 4.78 is 5.73. The summed E-state index contributed by atoms with van der Waals surface area (Å²) in [5.41, 5.74) is 0.308. The molecule has 33 heavy (non-hydrogen) atoms. The maximum absolute atomic E-state index is 13.0. The van der Waals surface area contributed by atoms with Gasteiger partial charge in [-0.2, -0.15) is 0 Å². The van der Waals surface area contributed by atoms with Gasteiger partial charge in [0.15, 0.2) is 11.6 Å². The largest absolute Gasteiger partial charge is 0.458 e. The molecule has 0 radical (unpaired) electrons. The van der Waals surface area contributed by atoms with Crippen LogP contribution in [0.1, 0.15) is 77.4 Å². The second-order valence-electron chi connectivity index (χ2n) is 9.62. The van der Waals surface area contributed by atoms with Crippen molar-refractivity contribution in [2.75, 3.05) is 6.54 Å². The van der Waals surface area contributed by atoms with E-state index in [2.05, 4.69) is 10.3 Å². The zero-order valence-electron chi connectivity index (χ0n) is 20.6. The maximum Gasteiger partial charge on any atom is 0.313 e. The minimum atomic E-state index is -1.39. The Morgan fingerprint density at radius 2 is 1.94 bits per heavy atom. The molecule has 0 bridgehead atoms. The second-order valence-corrected chi connectivity index (χ2v) is 10.7. The number of aliphatic hydroxyl groups is 1. The number of Topliss-reactive ketones (excluding diaryl/α,β-unsaturated/α-hetero) is 2. The summed E-state index contributed by atoms with van der Waals surface area (Å²) in [5.74, 6) is -2.25. The summed E-state index contributed by atoms with van der Waals surface area (Å²) in [7, 11) is 0. The summed E-state index contributed by atoms with van der Waals surface area (Å²) in [6.45, 7) is 11.1. The first kappa shape index (κ1) is 27.3. The molecule has 0 saturated carbocycles. The third kappa shape index (κ3) is 7.55. The Morgan fingerprint density at radius 1 is 1.24 bits per heavy atom. The number of carbonyl (C=O) groups is 3. The van der Waals surface area contributed by atoms with Gasteiger partial charge in [-0.05, 0) is 72.1 Å². The Morgan fingerprint density at radius 3 is 2.58 bits per heavy atom. The molecule has 1 aromatic heterocycles. The van der Waals surface area contributed by atoms with Gasteiger partial charge in [-0.25, -0.2) is 4.98 Å². The van der Waals surface area contributed by atoms with E-state index < -0.39 is 41.7 Å². The number of ketones is 2. The summed E-state index contributed by atoms with van der Waals surface area (Å²) in [6, 6.07) is -0.285. The van der Waals surface area contributed by atoms with Gasteiger partial charge >= 0.3 is 5.97 Å². The van der Waals surface area contributed by atoms with Gasteiger partial charge in [-0.15, -0.1) is 11.3 Å². The van der Waals surface area contributed by atoms with Crippen LogP contribution in [0.2, 0.25) is 0 Å². The van der Waals surface area contributed by atoms with Crippen molar-refractivity contribution in [2.24, 2.45) is 11.3 Å². The van der Waals surface area contributed by atoms with Crippen LogP contribution >= 0.6 is 11.3 Å². The average molecular weight is 479 g/mol. The number of aryl methyl sites for hydroxylation is 1. The predicted octanol–water partition coefficient (Wildman–Crippen LogP) is 3.87. The number of hydrogen-bond acceptors (Lipinski definition) is 8. The number of nitrogens with zero attached hydrogens (tertiary/aromatic N) is 1. The summed E-state index contributed by atoms with van der Waals surface area (Å²) >= 11 is 1.56. The van der Waals surface area contributed by atoms with Crippen molar-refractivity contribution < 1.29 is 24.2 Å². The topological polar surface area (TPSA) is 106 Å². The molecular weight excluding hydrogens is 440 g/mol. The van der Waals surface area contributed by atoms with Gasteiger partial charge in [0, 0.05) is 17.3 Å². The summed E-state index contributed by atoms with van der Waals surface area (Å²) in [5, 5.41) is 16.8. The standard InChI is InChI=1S/C25H38N2O5S/c1-15(12-19-14-33-18(4)27-19)20-10-8-7-9-11-26-17(3)23(30)16(2)24(31)25(5,6)21(28)13-22(29)32-20/h12,14,16-17,20,23,26,30H,7-11,13H2,1-6H3. The monoisotopic (exact) mass is 478 g/mol. The number of rotatable bonds is 2. The van der Waals surface area contributed by atoms with Gasteiger partial charge in [0.25, 0.3) is 0 Å². The fourth-order valence-corrected chi connectivity index (χ4v) is 4.65. The highest BCUT2D eigenvalue weighted by molar-refractivity contribution is 7.09. The average Bonchev–Trinajstić information content (AvgIpc) is 3.16. The Labute approximate surface area is 201 Å². The quantitative estimate of drug-likeness (QED) is 0.491. The lowest BCUT2D eigenvalue weighted by atomic mass is 9.75. The fraction of sp³-hybridized carbons (Fsp3) is 0.680. The fourth-order valence-electron chi connectivity index (χ4n) is 4.08. The molecule has 0 aliphatic carbocycles. The van der Waals surface area contributed by atoms with Crippen LogP contribution in [0.5, 0.6) is 0 Å². The van der Waals surface area contributed by atoms with E-state index in [1.807, 2.05) is 32.2 Å². The van der Waals surface area contributed by atoms with E-state index in [0.717, 1.165) is 35.5 Å². The molecule has 1 aliphatic heterocycles. The number of aliphatic hydroxyl groups excluding tert-OH is 1. The highest BCUT2D eigenvalue weighted by Gasteiger charge is 2.42. The molecule has 2 N–H and O–H groups in total. The Kier molecular flexibility index (Phi) is 9.94. The first-order chi connectivity index (χ1) is 15.4. The normalized spacial score (nSPS) is 29.1. The first-order valence-electron chi connectivity index (χ1n) is 11.7. The zero-order valence-corrected chi connectivity index (χ0v) is 21.5. The van der Waals surface area contributed by atoms with Gasteiger partial charge in [0.1, 0.15) is 12.5 Å². The molecule has 1 saturated heterocycles. The number of nitrogens with one attached hydrogen (secondary N) is 1. The van der Waals surface area contributed by atoms with Crippen molar-refractivity contribution in [3.63, 3.8) is 0 Å². The molecule has 0 amide bonds. The van der Waals surface area contributed by atoms with Gasteiger partial charge < -0.3 is 15.2 Å². The molecule has 1 aliphatic rings. The lowest BCUT2D eigenvalue weighted by Crippen LogP contribution is -2.48. The van der Waals surface area contributed by atoms with Crippen LogP contribution in [0, 0.1) is 18.3 Å². The number of carbonyl (C=O) groups excluding carboxylic acids is 3. The zero-order chi connectivity index (χ0) is 24.8. The van der Waals surface area contributed by atoms with E-state index in [1.165, 1.54) is 13.8 Å². The molecule has 1 aromatic rings. The number of aromatic nitrogens is 1. The molecule has 0 spiro atoms. The molecule has 4 unspecified atom stereocenters. The first-order valence-corrected chi connectivity index (χ1v) is 12.6. The number of cyclic esters (lactones) is 1. The molecule has 4 atom stereocenters. The van der Waals surface area contributed by atoms with E-state index in [9.17, 15) is 19.5 Å². The van der Waals surface area contributed by atoms with E-state index in [1.54, 1.807) is 18.3 Å². The van der Waals surface area contributed by atoms with Crippen molar-refractivity contribution in [1.29, 1.82) is 0 Å². The van der Waals surface area contributed by atoms with E-state index >= 15 is 0 Å². The van der Waals surface area contributed by atoms with Gasteiger partial charge in [0.2, 0.25) is 0 Å². The van der Waals surface area contributed by atoms with Crippen LogP contribution in [0.3, 0.4) is 0 Å². The highest BCUT2D eigenvalue weighted by atomic mass is 32.1. The SMILES string of the molecule is CC(=Cc1csc(C)n1)C1CCCCCNC(C)C(O)C(C)C(=O)C(C)(C)C(=O)CC(=O)O1. The van der Waals surface area contributed by atoms with E-state index in [4.69, 9.17) is 4.74 Å². The molecule has 1 fully saturated rings. The maximum atomic E-state index is 13.0. The lowest BCUT2D eigenvalue weighted by Gasteiger charge is -2.31. The molecule has 0 aromatic carbocycles. The number of ether oxygens (including phenoxy) is 1. The van der Waals surface area contributed by atoms with Crippen molar-refractivity contribution in [2.45, 2.75) is 91.9 Å². The van der Waals surface area contributed by atoms with Crippen LogP contribution in [0.15, 0.2) is 11.0 Å². The Bertz CT molecular complexity index is 876. The highest BCUT2D eigenvalue weighted by Crippen LogP contribution is 2.28. The van der Waals surface area contributed by atoms with Gasteiger partial charge in [0.05, 0.1) is 22.2 Å². The van der Waals surface area contributed by atoms with E-state index in [0.29, 0.717) is 13.0 Å². The van der Waals surface area contributed by atoms with Crippen LogP contribution in [-0.4, -0.2) is 52.4 Å². The van der Waals surface area contributed by atoms with Gasteiger partial charge in [-0.1, -0.05) is 13.3 Å². The molecule has 2 rings (SSSR count). The van der Waals surface area contributed by atoms with Crippen molar-refractivity contribution in [3.8, 4) is 0 Å².